The van der Waals surface area contributed by atoms with E-state index in [9.17, 15) is 13.2 Å². The van der Waals surface area contributed by atoms with Crippen molar-refractivity contribution >= 4 is 22.5 Å². The lowest BCUT2D eigenvalue weighted by atomic mass is 10.2. The van der Waals surface area contributed by atoms with Crippen LogP contribution < -0.4 is 5.32 Å². The van der Waals surface area contributed by atoms with E-state index in [0.29, 0.717) is 17.2 Å². The van der Waals surface area contributed by atoms with Gasteiger partial charge in [0.2, 0.25) is 0 Å². The first-order chi connectivity index (χ1) is 9.52. The zero-order valence-electron chi connectivity index (χ0n) is 10.2. The largest absolute Gasteiger partial charge is 0.416 e. The van der Waals surface area contributed by atoms with E-state index in [1.807, 2.05) is 12.1 Å². The van der Waals surface area contributed by atoms with Crippen LogP contribution in [-0.2, 0) is 6.18 Å². The average molecular weight is 277 g/mol. The Morgan fingerprint density at radius 1 is 1.05 bits per heavy atom. The van der Waals surface area contributed by atoms with Crippen molar-refractivity contribution < 1.29 is 13.2 Å². The van der Waals surface area contributed by atoms with Crippen LogP contribution in [0.2, 0.25) is 0 Å². The van der Waals surface area contributed by atoms with Crippen molar-refractivity contribution in [2.45, 2.75) is 6.18 Å². The summed E-state index contributed by atoms with van der Waals surface area (Å²) in [6.07, 6.45) is -2.60. The molecular weight excluding hydrogens is 267 g/mol. The van der Waals surface area contributed by atoms with Crippen LogP contribution in [-0.4, -0.2) is 9.97 Å². The Kier molecular flexibility index (Phi) is 2.85. The van der Waals surface area contributed by atoms with Crippen molar-refractivity contribution in [1.29, 1.82) is 0 Å². The van der Waals surface area contributed by atoms with Crippen LogP contribution in [0.3, 0.4) is 0 Å². The third kappa shape index (κ3) is 2.45. The first-order valence-corrected chi connectivity index (χ1v) is 5.91. The van der Waals surface area contributed by atoms with E-state index < -0.39 is 11.7 Å². The Hall–Kier alpha value is -2.50. The minimum atomic E-state index is -4.35. The molecule has 2 heterocycles. The number of H-pyrrole nitrogens is 1. The molecule has 0 unspecified atom stereocenters. The van der Waals surface area contributed by atoms with Crippen molar-refractivity contribution in [3.63, 3.8) is 0 Å². The molecule has 2 aromatic heterocycles. The smallest absolute Gasteiger partial charge is 0.346 e. The summed E-state index contributed by atoms with van der Waals surface area (Å²) in [5.41, 5.74) is 0.337. The van der Waals surface area contributed by atoms with E-state index in [-0.39, 0.29) is 0 Å². The van der Waals surface area contributed by atoms with Crippen LogP contribution in [0.1, 0.15) is 5.56 Å². The molecule has 0 fully saturated rings. The Morgan fingerprint density at radius 2 is 1.90 bits per heavy atom. The summed E-state index contributed by atoms with van der Waals surface area (Å²) >= 11 is 0. The predicted molar refractivity (Wildman–Crippen MR) is 70.8 cm³/mol. The molecule has 0 bridgehead atoms. The van der Waals surface area contributed by atoms with Crippen molar-refractivity contribution in [3.05, 3.63) is 54.2 Å². The Bertz CT molecular complexity index is 747. The number of hydrogen-bond donors (Lipinski definition) is 2. The summed E-state index contributed by atoms with van der Waals surface area (Å²) in [6, 6.07) is 10.4. The molecule has 0 saturated carbocycles. The molecule has 0 aliphatic rings. The number of fused-ring (bicyclic) bond motifs is 1. The first kappa shape index (κ1) is 12.5. The number of anilines is 2. The van der Waals surface area contributed by atoms with Crippen molar-refractivity contribution in [2.24, 2.45) is 0 Å². The molecule has 3 aromatic rings. The van der Waals surface area contributed by atoms with E-state index in [0.717, 1.165) is 17.5 Å². The Balaban J connectivity index is 1.90. The normalized spacial score (nSPS) is 11.8. The summed E-state index contributed by atoms with van der Waals surface area (Å²) in [5.74, 6) is 0.485. The molecule has 0 amide bonds. The Morgan fingerprint density at radius 3 is 2.70 bits per heavy atom. The maximum atomic E-state index is 12.6. The third-order valence-electron chi connectivity index (χ3n) is 2.87. The van der Waals surface area contributed by atoms with Crippen molar-refractivity contribution in [2.75, 3.05) is 5.32 Å². The number of pyridine rings is 1. The van der Waals surface area contributed by atoms with Gasteiger partial charge < -0.3 is 10.3 Å². The van der Waals surface area contributed by atoms with Gasteiger partial charge in [0, 0.05) is 17.3 Å². The standard InChI is InChI=1S/C14H10F3N3/c15-14(16,17)10-2-1-3-11(8-10)19-12-5-4-9-6-7-18-13(9)20-12/h1-8H,(H2,18,19,20). The van der Waals surface area contributed by atoms with Gasteiger partial charge in [-0.25, -0.2) is 4.98 Å². The fourth-order valence-electron chi connectivity index (χ4n) is 1.92. The second-order valence-electron chi connectivity index (χ2n) is 4.32. The minimum absolute atomic E-state index is 0.346. The highest BCUT2D eigenvalue weighted by molar-refractivity contribution is 5.78. The van der Waals surface area contributed by atoms with Gasteiger partial charge in [0.15, 0.2) is 0 Å². The summed E-state index contributed by atoms with van der Waals surface area (Å²) < 4.78 is 37.9. The van der Waals surface area contributed by atoms with Crippen LogP contribution >= 0.6 is 0 Å². The van der Waals surface area contributed by atoms with Crippen molar-refractivity contribution in [3.8, 4) is 0 Å². The molecule has 0 atom stereocenters. The predicted octanol–water partition coefficient (Wildman–Crippen LogP) is 4.33. The number of halogens is 3. The van der Waals surface area contributed by atoms with Gasteiger partial charge in [-0.15, -0.1) is 0 Å². The van der Waals surface area contributed by atoms with Gasteiger partial charge in [-0.05, 0) is 36.4 Å². The van der Waals surface area contributed by atoms with E-state index in [1.54, 1.807) is 18.3 Å². The van der Waals surface area contributed by atoms with Crippen LogP contribution in [0.4, 0.5) is 24.7 Å². The lowest BCUT2D eigenvalue weighted by molar-refractivity contribution is -0.137. The van der Waals surface area contributed by atoms with E-state index in [1.165, 1.54) is 6.07 Å². The molecule has 0 radical (unpaired) electrons. The van der Waals surface area contributed by atoms with E-state index >= 15 is 0 Å². The van der Waals surface area contributed by atoms with Crippen LogP contribution in [0, 0.1) is 0 Å². The number of nitrogens with zero attached hydrogens (tertiary/aromatic N) is 1. The monoisotopic (exact) mass is 277 g/mol. The molecule has 3 rings (SSSR count). The maximum absolute atomic E-state index is 12.6. The van der Waals surface area contributed by atoms with Gasteiger partial charge in [-0.3, -0.25) is 0 Å². The van der Waals surface area contributed by atoms with Gasteiger partial charge in [0.25, 0.3) is 0 Å². The number of rotatable bonds is 2. The topological polar surface area (TPSA) is 40.7 Å². The quantitative estimate of drug-likeness (QED) is 0.732. The third-order valence-corrected chi connectivity index (χ3v) is 2.87. The van der Waals surface area contributed by atoms with Gasteiger partial charge >= 0.3 is 6.18 Å². The number of hydrogen-bond acceptors (Lipinski definition) is 2. The second-order valence-corrected chi connectivity index (χ2v) is 4.32. The lowest BCUT2D eigenvalue weighted by Crippen LogP contribution is -2.05. The molecule has 1 aromatic carbocycles. The summed E-state index contributed by atoms with van der Waals surface area (Å²) in [7, 11) is 0. The number of nitrogens with one attached hydrogen (secondary N) is 2. The number of aromatic amines is 1. The molecule has 102 valence electrons. The molecule has 0 aliphatic carbocycles. The number of aromatic nitrogens is 2. The van der Waals surface area contributed by atoms with Gasteiger partial charge in [-0.2, -0.15) is 13.2 Å². The fraction of sp³-hybridized carbons (Fsp3) is 0.0714. The fourth-order valence-corrected chi connectivity index (χ4v) is 1.92. The molecule has 0 spiro atoms. The van der Waals surface area contributed by atoms with Gasteiger partial charge in [-0.1, -0.05) is 6.07 Å². The zero-order valence-corrected chi connectivity index (χ0v) is 10.2. The number of alkyl halides is 3. The lowest BCUT2D eigenvalue weighted by Gasteiger charge is -2.10. The summed E-state index contributed by atoms with van der Waals surface area (Å²) in [4.78, 5) is 7.22. The van der Waals surface area contributed by atoms with E-state index in [2.05, 4.69) is 15.3 Å². The molecule has 6 heteroatoms. The van der Waals surface area contributed by atoms with Crippen LogP contribution in [0.15, 0.2) is 48.7 Å². The molecule has 2 N–H and O–H groups in total. The summed E-state index contributed by atoms with van der Waals surface area (Å²) in [6.45, 7) is 0. The highest BCUT2D eigenvalue weighted by Gasteiger charge is 2.30. The highest BCUT2D eigenvalue weighted by atomic mass is 19.4. The van der Waals surface area contributed by atoms with Crippen LogP contribution in [0.5, 0.6) is 0 Å². The Labute approximate surface area is 112 Å². The molecular formula is C14H10F3N3. The highest BCUT2D eigenvalue weighted by Crippen LogP contribution is 2.31. The molecule has 0 aliphatic heterocycles. The molecule has 0 saturated heterocycles. The average Bonchev–Trinajstić information content (AvgIpc) is 2.85. The SMILES string of the molecule is FC(F)(F)c1cccc(Nc2ccc3cc[nH]c3n2)c1. The van der Waals surface area contributed by atoms with E-state index in [4.69, 9.17) is 0 Å². The van der Waals surface area contributed by atoms with Gasteiger partial charge in [0.1, 0.15) is 11.5 Å². The van der Waals surface area contributed by atoms with Gasteiger partial charge in [0.05, 0.1) is 5.56 Å². The zero-order chi connectivity index (χ0) is 14.2. The second kappa shape index (κ2) is 4.56. The summed E-state index contributed by atoms with van der Waals surface area (Å²) in [5, 5.41) is 3.81. The number of benzene rings is 1. The van der Waals surface area contributed by atoms with Crippen LogP contribution in [0.25, 0.3) is 11.0 Å². The molecule has 20 heavy (non-hydrogen) atoms. The minimum Gasteiger partial charge on any atom is -0.346 e. The molecule has 3 nitrogen and oxygen atoms in total. The first-order valence-electron chi connectivity index (χ1n) is 5.91. The maximum Gasteiger partial charge on any atom is 0.416 e. The van der Waals surface area contributed by atoms with Crippen molar-refractivity contribution in [1.82, 2.24) is 9.97 Å².